The van der Waals surface area contributed by atoms with Crippen LogP contribution < -0.4 is 5.32 Å². The van der Waals surface area contributed by atoms with Crippen molar-refractivity contribution in [2.24, 2.45) is 10.8 Å². The Hall–Kier alpha value is -1.98. The van der Waals surface area contributed by atoms with Crippen LogP contribution in [0.3, 0.4) is 0 Å². The molecule has 22 heavy (non-hydrogen) atoms. The number of nitrogens with one attached hydrogen (secondary N) is 1. The number of rotatable bonds is 2. The number of ether oxygens (including phenoxy) is 1. The average molecular weight is 309 g/mol. The Morgan fingerprint density at radius 2 is 1.91 bits per heavy atom. The van der Waals surface area contributed by atoms with Gasteiger partial charge in [-0.2, -0.15) is 0 Å². The summed E-state index contributed by atoms with van der Waals surface area (Å²) in [6, 6.07) is 2.90. The average Bonchev–Trinajstić information content (AvgIpc) is 2.72. The summed E-state index contributed by atoms with van der Waals surface area (Å²) in [6.07, 6.45) is 0.926. The maximum atomic E-state index is 13.7. The molecule has 1 saturated heterocycles. The molecular weight excluding hydrogens is 292 g/mol. The highest BCUT2D eigenvalue weighted by Crippen LogP contribution is 2.65. The van der Waals surface area contributed by atoms with Crippen LogP contribution in [0.5, 0.6) is 0 Å². The maximum absolute atomic E-state index is 13.7. The quantitative estimate of drug-likeness (QED) is 0.854. The van der Waals surface area contributed by atoms with E-state index in [1.807, 2.05) is 13.8 Å². The molecule has 4 nitrogen and oxygen atoms in total. The van der Waals surface area contributed by atoms with Crippen molar-refractivity contribution in [3.05, 3.63) is 29.8 Å². The highest BCUT2D eigenvalue weighted by molar-refractivity contribution is 6.03. The number of anilines is 1. The van der Waals surface area contributed by atoms with Gasteiger partial charge in [-0.05, 0) is 31.9 Å². The van der Waals surface area contributed by atoms with E-state index in [0.717, 1.165) is 12.1 Å². The van der Waals surface area contributed by atoms with Crippen molar-refractivity contribution in [1.29, 1.82) is 0 Å². The van der Waals surface area contributed by atoms with Gasteiger partial charge in [0.1, 0.15) is 11.6 Å². The Morgan fingerprint density at radius 1 is 1.23 bits per heavy atom. The van der Waals surface area contributed by atoms with Crippen LogP contribution in [-0.4, -0.2) is 17.5 Å². The van der Waals surface area contributed by atoms with Crippen molar-refractivity contribution >= 4 is 17.6 Å². The molecule has 1 aliphatic heterocycles. The van der Waals surface area contributed by atoms with Gasteiger partial charge >= 0.3 is 5.97 Å². The minimum absolute atomic E-state index is 0.131. The van der Waals surface area contributed by atoms with Crippen molar-refractivity contribution in [3.8, 4) is 0 Å². The highest BCUT2D eigenvalue weighted by Gasteiger charge is 2.75. The summed E-state index contributed by atoms with van der Waals surface area (Å²) >= 11 is 0. The van der Waals surface area contributed by atoms with Crippen molar-refractivity contribution in [1.82, 2.24) is 0 Å². The predicted octanol–water partition coefficient (Wildman–Crippen LogP) is 3.03. The van der Waals surface area contributed by atoms with E-state index in [2.05, 4.69) is 5.32 Å². The zero-order valence-electron chi connectivity index (χ0n) is 12.6. The van der Waals surface area contributed by atoms with E-state index in [-0.39, 0.29) is 5.69 Å². The Bertz CT molecular complexity index is 688. The number of esters is 1. The monoisotopic (exact) mass is 309 g/mol. The minimum atomic E-state index is -1.32. The number of benzene rings is 1. The molecule has 1 aliphatic carbocycles. The number of hydrogen-bond acceptors (Lipinski definition) is 3. The minimum Gasteiger partial charge on any atom is -0.448 e. The summed E-state index contributed by atoms with van der Waals surface area (Å²) in [5.41, 5.74) is -2.89. The molecule has 1 amide bonds. The molecule has 0 radical (unpaired) electrons. The van der Waals surface area contributed by atoms with Crippen LogP contribution in [0.4, 0.5) is 14.5 Å². The van der Waals surface area contributed by atoms with Gasteiger partial charge in [0.2, 0.25) is 0 Å². The molecule has 2 fully saturated rings. The van der Waals surface area contributed by atoms with Gasteiger partial charge in [0.05, 0.1) is 11.1 Å². The topological polar surface area (TPSA) is 55.4 Å². The summed E-state index contributed by atoms with van der Waals surface area (Å²) < 4.78 is 32.1. The first-order chi connectivity index (χ1) is 10.1. The first kappa shape index (κ1) is 14.9. The lowest BCUT2D eigenvalue weighted by Crippen LogP contribution is -2.50. The molecule has 2 aliphatic rings. The van der Waals surface area contributed by atoms with Gasteiger partial charge in [-0.3, -0.25) is 9.59 Å². The van der Waals surface area contributed by atoms with E-state index < -0.39 is 39.9 Å². The lowest BCUT2D eigenvalue weighted by molar-refractivity contribution is -0.165. The number of halogens is 2. The molecule has 1 N–H and O–H groups in total. The molecule has 3 rings (SSSR count). The fourth-order valence-corrected chi connectivity index (χ4v) is 3.56. The summed E-state index contributed by atoms with van der Waals surface area (Å²) in [5, 5.41) is 2.43. The lowest BCUT2D eigenvalue weighted by atomic mass is 9.66. The molecule has 2 atom stereocenters. The van der Waals surface area contributed by atoms with E-state index in [9.17, 15) is 18.4 Å². The van der Waals surface area contributed by atoms with Crippen LogP contribution in [0.15, 0.2) is 18.2 Å². The van der Waals surface area contributed by atoms with Gasteiger partial charge in [-0.15, -0.1) is 0 Å². The van der Waals surface area contributed by atoms with Gasteiger partial charge in [0.25, 0.3) is 5.91 Å². The van der Waals surface area contributed by atoms with E-state index in [1.165, 1.54) is 0 Å². The molecule has 0 spiro atoms. The second-order valence-electron chi connectivity index (χ2n) is 6.75. The number of carbonyl (C=O) groups is 2. The van der Waals surface area contributed by atoms with Crippen LogP contribution in [0.2, 0.25) is 0 Å². The molecule has 0 unspecified atom stereocenters. The Morgan fingerprint density at radius 3 is 2.41 bits per heavy atom. The molecule has 1 aromatic rings. The summed E-state index contributed by atoms with van der Waals surface area (Å²) in [6.45, 7) is 5.41. The molecule has 2 bridgehead atoms. The Balaban J connectivity index is 1.94. The maximum Gasteiger partial charge on any atom is 0.313 e. The number of carbonyl (C=O) groups excluding carboxylic acids is 2. The molecule has 1 saturated carbocycles. The van der Waals surface area contributed by atoms with Crippen LogP contribution in [0, 0.1) is 22.5 Å². The molecule has 0 aromatic heterocycles. The smallest absolute Gasteiger partial charge is 0.313 e. The predicted molar refractivity (Wildman–Crippen MR) is 74.9 cm³/mol. The normalized spacial score (nSPS) is 32.0. The van der Waals surface area contributed by atoms with E-state index in [1.54, 1.807) is 6.92 Å². The van der Waals surface area contributed by atoms with E-state index >= 15 is 0 Å². The molecular formula is C16H17F2NO3. The van der Waals surface area contributed by atoms with Crippen molar-refractivity contribution in [3.63, 3.8) is 0 Å². The third-order valence-corrected chi connectivity index (χ3v) is 5.63. The van der Waals surface area contributed by atoms with Gasteiger partial charge in [-0.1, -0.05) is 13.8 Å². The molecule has 118 valence electrons. The van der Waals surface area contributed by atoms with Gasteiger partial charge in [-0.25, -0.2) is 8.78 Å². The van der Waals surface area contributed by atoms with E-state index in [4.69, 9.17) is 4.74 Å². The number of fused-ring (bicyclic) bond motifs is 2. The lowest BCUT2D eigenvalue weighted by Gasteiger charge is -2.35. The van der Waals surface area contributed by atoms with Crippen LogP contribution in [0.25, 0.3) is 0 Å². The Labute approximate surface area is 126 Å². The summed E-state index contributed by atoms with van der Waals surface area (Å²) in [4.78, 5) is 24.8. The number of hydrogen-bond donors (Lipinski definition) is 1. The molecule has 1 heterocycles. The fraction of sp³-hybridized carbons (Fsp3) is 0.500. The zero-order valence-corrected chi connectivity index (χ0v) is 12.6. The first-order valence-corrected chi connectivity index (χ1v) is 7.14. The Kier molecular flexibility index (Phi) is 2.90. The zero-order chi connectivity index (χ0) is 16.3. The number of amides is 1. The van der Waals surface area contributed by atoms with Crippen LogP contribution >= 0.6 is 0 Å². The van der Waals surface area contributed by atoms with Crippen LogP contribution in [0.1, 0.15) is 33.6 Å². The van der Waals surface area contributed by atoms with Gasteiger partial charge < -0.3 is 10.1 Å². The molecule has 6 heteroatoms. The van der Waals surface area contributed by atoms with Crippen molar-refractivity contribution in [2.45, 2.75) is 39.2 Å². The second kappa shape index (κ2) is 4.27. The molecule has 1 aromatic carbocycles. The summed E-state index contributed by atoms with van der Waals surface area (Å²) in [7, 11) is 0. The van der Waals surface area contributed by atoms with Crippen molar-refractivity contribution < 1.29 is 23.1 Å². The largest absolute Gasteiger partial charge is 0.448 e. The first-order valence-electron chi connectivity index (χ1n) is 7.14. The third-order valence-electron chi connectivity index (χ3n) is 5.63. The fourth-order valence-electron chi connectivity index (χ4n) is 3.56. The van der Waals surface area contributed by atoms with Crippen molar-refractivity contribution in [2.75, 3.05) is 5.32 Å². The van der Waals surface area contributed by atoms with Crippen LogP contribution in [-0.2, 0) is 14.3 Å². The third kappa shape index (κ3) is 1.61. The summed E-state index contributed by atoms with van der Waals surface area (Å²) in [5.74, 6) is -2.57. The van der Waals surface area contributed by atoms with E-state index in [0.29, 0.717) is 18.9 Å². The highest BCUT2D eigenvalue weighted by atomic mass is 19.1. The van der Waals surface area contributed by atoms with Gasteiger partial charge in [0.15, 0.2) is 5.60 Å². The van der Waals surface area contributed by atoms with Gasteiger partial charge in [0, 0.05) is 11.5 Å². The SMILES string of the molecule is CC1(C)[C@@]2(C(=O)Nc3ccc(F)cc3F)CC[C@]1(C)C(=O)O2. The standard InChI is InChI=1S/C16H17F2NO3/c1-14(2)15(3)6-7-16(14,22-13(15)21)12(20)19-11-5-4-9(17)8-10(11)18/h4-5,8H,6-7H2,1-3H3,(H,19,20)/t15-,16+/m1/s1. The second-order valence-corrected chi connectivity index (χ2v) is 6.75.